The molecule has 6 heteroatoms. The molecule has 0 bridgehead atoms. The fraction of sp³-hybridized carbons (Fsp3) is 0.438. The molecule has 0 spiro atoms. The largest absolute Gasteiger partial charge is 0.481 e. The third-order valence-corrected chi connectivity index (χ3v) is 4.26. The summed E-state index contributed by atoms with van der Waals surface area (Å²) in [5.74, 6) is -0.999. The zero-order chi connectivity index (χ0) is 15.7. The summed E-state index contributed by atoms with van der Waals surface area (Å²) in [4.78, 5) is 34.7. The standard InChI is InChI=1S/C16H18N2O4/c19-13(17-9-16(7-8-16)15(21)22)10-3-5-12(6-4-10)18-14(20)11-1-2-11/h3-6,11H,1-2,7-9H2,(H,17,19)(H,18,20)(H,21,22). The van der Waals surface area contributed by atoms with Crippen molar-refractivity contribution in [3.63, 3.8) is 0 Å². The molecule has 2 aliphatic rings. The summed E-state index contributed by atoms with van der Waals surface area (Å²) < 4.78 is 0. The van der Waals surface area contributed by atoms with Gasteiger partial charge in [-0.05, 0) is 49.9 Å². The van der Waals surface area contributed by atoms with Gasteiger partial charge in [-0.15, -0.1) is 0 Å². The Bertz CT molecular complexity index is 616. The lowest BCUT2D eigenvalue weighted by atomic mass is 10.1. The summed E-state index contributed by atoms with van der Waals surface area (Å²) >= 11 is 0. The summed E-state index contributed by atoms with van der Waals surface area (Å²) in [6.07, 6.45) is 3.10. The van der Waals surface area contributed by atoms with Crippen LogP contribution in [-0.2, 0) is 9.59 Å². The van der Waals surface area contributed by atoms with Gasteiger partial charge in [-0.25, -0.2) is 0 Å². The Hall–Kier alpha value is -2.37. The van der Waals surface area contributed by atoms with Crippen molar-refractivity contribution in [1.29, 1.82) is 0 Å². The number of carbonyl (C=O) groups excluding carboxylic acids is 2. The van der Waals surface area contributed by atoms with E-state index in [0.29, 0.717) is 24.1 Å². The summed E-state index contributed by atoms with van der Waals surface area (Å²) in [5, 5.41) is 14.5. The van der Waals surface area contributed by atoms with E-state index >= 15 is 0 Å². The van der Waals surface area contributed by atoms with Crippen LogP contribution in [0.15, 0.2) is 24.3 Å². The van der Waals surface area contributed by atoms with E-state index in [1.165, 1.54) is 0 Å². The molecule has 22 heavy (non-hydrogen) atoms. The molecular weight excluding hydrogens is 284 g/mol. The fourth-order valence-corrected chi connectivity index (χ4v) is 2.26. The second-order valence-electron chi connectivity index (χ2n) is 6.11. The Morgan fingerprint density at radius 2 is 1.77 bits per heavy atom. The van der Waals surface area contributed by atoms with Crippen LogP contribution < -0.4 is 10.6 Å². The monoisotopic (exact) mass is 302 g/mol. The third-order valence-electron chi connectivity index (χ3n) is 4.26. The first kappa shape index (κ1) is 14.6. The minimum absolute atomic E-state index is 0.0225. The average molecular weight is 302 g/mol. The number of rotatable bonds is 6. The van der Waals surface area contributed by atoms with Gasteiger partial charge in [0.15, 0.2) is 0 Å². The molecule has 0 aromatic heterocycles. The minimum Gasteiger partial charge on any atom is -0.481 e. The molecular formula is C16H18N2O4. The van der Waals surface area contributed by atoms with Gasteiger partial charge in [0, 0.05) is 23.7 Å². The number of hydrogen-bond donors (Lipinski definition) is 3. The fourth-order valence-electron chi connectivity index (χ4n) is 2.26. The van der Waals surface area contributed by atoms with Gasteiger partial charge >= 0.3 is 5.97 Å². The highest BCUT2D eigenvalue weighted by Crippen LogP contribution is 2.45. The van der Waals surface area contributed by atoms with Crippen LogP contribution in [0.25, 0.3) is 0 Å². The maximum Gasteiger partial charge on any atom is 0.311 e. The first-order valence-corrected chi connectivity index (χ1v) is 7.43. The van der Waals surface area contributed by atoms with E-state index in [1.54, 1.807) is 24.3 Å². The van der Waals surface area contributed by atoms with Crippen LogP contribution in [0.1, 0.15) is 36.0 Å². The maximum atomic E-state index is 12.0. The summed E-state index contributed by atoms with van der Waals surface area (Å²) in [5.41, 5.74) is 0.344. The molecule has 116 valence electrons. The SMILES string of the molecule is O=C(NCC1(C(=O)O)CC1)c1ccc(NC(=O)C2CC2)cc1. The Morgan fingerprint density at radius 3 is 2.27 bits per heavy atom. The molecule has 0 radical (unpaired) electrons. The van der Waals surface area contributed by atoms with Gasteiger partial charge in [-0.3, -0.25) is 14.4 Å². The Labute approximate surface area is 127 Å². The lowest BCUT2D eigenvalue weighted by Crippen LogP contribution is -2.34. The Balaban J connectivity index is 1.54. The van der Waals surface area contributed by atoms with Crippen molar-refractivity contribution in [2.45, 2.75) is 25.7 Å². The quantitative estimate of drug-likeness (QED) is 0.744. The number of carboxylic acid groups (broad SMARTS) is 1. The van der Waals surface area contributed by atoms with Crippen molar-refractivity contribution in [2.24, 2.45) is 11.3 Å². The molecule has 3 rings (SSSR count). The van der Waals surface area contributed by atoms with Crippen molar-refractivity contribution in [1.82, 2.24) is 5.32 Å². The van der Waals surface area contributed by atoms with Crippen LogP contribution >= 0.6 is 0 Å². The lowest BCUT2D eigenvalue weighted by Gasteiger charge is -2.11. The van der Waals surface area contributed by atoms with E-state index in [0.717, 1.165) is 12.8 Å². The van der Waals surface area contributed by atoms with Gasteiger partial charge in [0.05, 0.1) is 5.41 Å². The molecule has 0 unspecified atom stereocenters. The molecule has 6 nitrogen and oxygen atoms in total. The topological polar surface area (TPSA) is 95.5 Å². The molecule has 0 aliphatic heterocycles. The molecule has 0 heterocycles. The van der Waals surface area contributed by atoms with Crippen LogP contribution in [0.4, 0.5) is 5.69 Å². The van der Waals surface area contributed by atoms with Crippen molar-refractivity contribution in [3.8, 4) is 0 Å². The van der Waals surface area contributed by atoms with Crippen LogP contribution in [0.5, 0.6) is 0 Å². The number of carboxylic acids is 1. The highest BCUT2D eigenvalue weighted by molar-refractivity contribution is 5.97. The van der Waals surface area contributed by atoms with E-state index in [-0.39, 0.29) is 24.3 Å². The van der Waals surface area contributed by atoms with E-state index in [2.05, 4.69) is 10.6 Å². The van der Waals surface area contributed by atoms with Crippen LogP contribution in [0, 0.1) is 11.3 Å². The smallest absolute Gasteiger partial charge is 0.311 e. The molecule has 2 fully saturated rings. The van der Waals surface area contributed by atoms with Gasteiger partial charge in [-0.2, -0.15) is 0 Å². The van der Waals surface area contributed by atoms with Crippen molar-refractivity contribution >= 4 is 23.5 Å². The van der Waals surface area contributed by atoms with E-state index in [1.807, 2.05) is 0 Å². The number of carbonyl (C=O) groups is 3. The van der Waals surface area contributed by atoms with Gasteiger partial charge in [-0.1, -0.05) is 0 Å². The van der Waals surface area contributed by atoms with Crippen molar-refractivity contribution in [3.05, 3.63) is 29.8 Å². The normalized spacial score (nSPS) is 18.4. The molecule has 2 amide bonds. The minimum atomic E-state index is -0.856. The Morgan fingerprint density at radius 1 is 1.14 bits per heavy atom. The van der Waals surface area contributed by atoms with E-state index < -0.39 is 11.4 Å². The number of benzene rings is 1. The average Bonchev–Trinajstić information content (AvgIpc) is 3.39. The third kappa shape index (κ3) is 3.10. The highest BCUT2D eigenvalue weighted by Gasteiger charge is 2.50. The van der Waals surface area contributed by atoms with Crippen molar-refractivity contribution < 1.29 is 19.5 Å². The first-order chi connectivity index (χ1) is 10.5. The predicted octanol–water partition coefficient (Wildman–Crippen LogP) is 1.63. The first-order valence-electron chi connectivity index (χ1n) is 7.43. The number of amides is 2. The number of hydrogen-bond acceptors (Lipinski definition) is 3. The van der Waals surface area contributed by atoms with Crippen LogP contribution in [0.3, 0.4) is 0 Å². The summed E-state index contributed by atoms with van der Waals surface area (Å²) in [6, 6.07) is 6.61. The zero-order valence-corrected chi connectivity index (χ0v) is 12.1. The van der Waals surface area contributed by atoms with Gasteiger partial charge < -0.3 is 15.7 Å². The lowest BCUT2D eigenvalue weighted by molar-refractivity contribution is -0.143. The number of aliphatic carboxylic acids is 1. The second kappa shape index (κ2) is 5.44. The molecule has 2 aliphatic carbocycles. The Kier molecular flexibility index (Phi) is 3.60. The molecule has 0 saturated heterocycles. The maximum absolute atomic E-state index is 12.0. The van der Waals surface area contributed by atoms with Gasteiger partial charge in [0.1, 0.15) is 0 Å². The van der Waals surface area contributed by atoms with Crippen LogP contribution in [0.2, 0.25) is 0 Å². The summed E-state index contributed by atoms with van der Waals surface area (Å²) in [6.45, 7) is 0.154. The predicted molar refractivity (Wildman–Crippen MR) is 79.4 cm³/mol. The zero-order valence-electron chi connectivity index (χ0n) is 12.1. The van der Waals surface area contributed by atoms with E-state index in [9.17, 15) is 14.4 Å². The van der Waals surface area contributed by atoms with E-state index in [4.69, 9.17) is 5.11 Å². The molecule has 1 aromatic carbocycles. The highest BCUT2D eigenvalue weighted by atomic mass is 16.4. The number of nitrogens with one attached hydrogen (secondary N) is 2. The van der Waals surface area contributed by atoms with Gasteiger partial charge in [0.25, 0.3) is 5.91 Å². The van der Waals surface area contributed by atoms with Crippen molar-refractivity contribution in [2.75, 3.05) is 11.9 Å². The molecule has 0 atom stereocenters. The molecule has 1 aromatic rings. The van der Waals surface area contributed by atoms with Crippen LogP contribution in [-0.4, -0.2) is 29.4 Å². The second-order valence-corrected chi connectivity index (χ2v) is 6.11. The van der Waals surface area contributed by atoms with Gasteiger partial charge in [0.2, 0.25) is 5.91 Å². The molecule has 2 saturated carbocycles. The molecule has 3 N–H and O–H groups in total. The number of anilines is 1. The summed E-state index contributed by atoms with van der Waals surface area (Å²) in [7, 11) is 0.